The van der Waals surface area contributed by atoms with Crippen LogP contribution in [0.2, 0.25) is 0 Å². The average Bonchev–Trinajstić information content (AvgIpc) is 2.82. The highest BCUT2D eigenvalue weighted by Gasteiger charge is 2.31. The number of amides is 1. The number of nitrogens with zero attached hydrogens (tertiary/aromatic N) is 1. The normalized spacial score (nSPS) is 16.7. The van der Waals surface area contributed by atoms with Crippen molar-refractivity contribution in [2.24, 2.45) is 0 Å². The number of ether oxygens (including phenoxy) is 1. The van der Waals surface area contributed by atoms with E-state index in [9.17, 15) is 22.8 Å². The molecule has 0 aliphatic carbocycles. The van der Waals surface area contributed by atoms with Crippen LogP contribution in [0.3, 0.4) is 0 Å². The number of carbonyl (C=O) groups excluding carboxylic acids is 2. The number of nitrogens with one attached hydrogen (secondary N) is 1. The van der Waals surface area contributed by atoms with E-state index >= 15 is 0 Å². The Kier molecular flexibility index (Phi) is 7.04. The van der Waals surface area contributed by atoms with Gasteiger partial charge in [0.05, 0.1) is 10.5 Å². The molecule has 0 saturated carbocycles. The van der Waals surface area contributed by atoms with E-state index in [4.69, 9.17) is 9.15 Å². The zero-order valence-corrected chi connectivity index (χ0v) is 20.3. The van der Waals surface area contributed by atoms with Crippen molar-refractivity contribution < 1.29 is 27.2 Å². The van der Waals surface area contributed by atoms with Crippen LogP contribution < -0.4 is 10.9 Å². The van der Waals surface area contributed by atoms with E-state index < -0.39 is 21.6 Å². The van der Waals surface area contributed by atoms with Crippen LogP contribution in [-0.4, -0.2) is 37.2 Å². The number of esters is 1. The van der Waals surface area contributed by atoms with Gasteiger partial charge in [0.25, 0.3) is 0 Å². The Labute approximate surface area is 202 Å². The second-order valence-corrected chi connectivity index (χ2v) is 10.4. The number of fused-ring (bicyclic) bond motifs is 1. The first-order valence-electron chi connectivity index (χ1n) is 11.3. The van der Waals surface area contributed by atoms with Gasteiger partial charge in [0, 0.05) is 48.3 Å². The Morgan fingerprint density at radius 1 is 1.11 bits per heavy atom. The summed E-state index contributed by atoms with van der Waals surface area (Å²) in [7, 11) is -3.64. The molecule has 1 aliphatic rings. The van der Waals surface area contributed by atoms with Gasteiger partial charge in [0.1, 0.15) is 12.2 Å². The van der Waals surface area contributed by atoms with E-state index in [0.717, 1.165) is 19.3 Å². The van der Waals surface area contributed by atoms with Crippen LogP contribution in [0.5, 0.6) is 0 Å². The molecule has 4 rings (SSSR count). The molecule has 1 aromatic heterocycles. The Morgan fingerprint density at radius 3 is 2.54 bits per heavy atom. The van der Waals surface area contributed by atoms with Crippen LogP contribution in [-0.2, 0) is 26.2 Å². The minimum absolute atomic E-state index is 0.0638. The predicted molar refractivity (Wildman–Crippen MR) is 130 cm³/mol. The molecule has 10 heteroatoms. The molecule has 1 atom stereocenters. The van der Waals surface area contributed by atoms with Crippen molar-refractivity contribution in [3.8, 4) is 0 Å². The van der Waals surface area contributed by atoms with E-state index in [1.54, 1.807) is 12.1 Å². The monoisotopic (exact) mass is 498 g/mol. The van der Waals surface area contributed by atoms with Crippen molar-refractivity contribution in [2.75, 3.05) is 11.9 Å². The molecule has 1 fully saturated rings. The Balaban J connectivity index is 1.49. The molecule has 3 aromatic rings. The van der Waals surface area contributed by atoms with Crippen LogP contribution in [0, 0.1) is 0 Å². The topological polar surface area (TPSA) is 123 Å². The fraction of sp³-hybridized carbons (Fsp3) is 0.320. The molecular formula is C25H26N2O7S. The van der Waals surface area contributed by atoms with Crippen molar-refractivity contribution in [1.82, 2.24) is 4.31 Å². The molecule has 1 amide bonds. The van der Waals surface area contributed by atoms with Gasteiger partial charge in [0.2, 0.25) is 15.9 Å². The van der Waals surface area contributed by atoms with Gasteiger partial charge in [0.15, 0.2) is 0 Å². The average molecular weight is 499 g/mol. The largest absolute Gasteiger partial charge is 0.457 e. The van der Waals surface area contributed by atoms with Gasteiger partial charge in [-0.15, -0.1) is 0 Å². The summed E-state index contributed by atoms with van der Waals surface area (Å²) in [6.45, 7) is 3.56. The van der Waals surface area contributed by atoms with Gasteiger partial charge >= 0.3 is 11.6 Å². The lowest BCUT2D eigenvalue weighted by atomic mass is 10.1. The summed E-state index contributed by atoms with van der Waals surface area (Å²) in [6, 6.07) is 11.7. The summed E-state index contributed by atoms with van der Waals surface area (Å²) in [5, 5.41) is 3.17. The molecule has 184 valence electrons. The molecule has 1 N–H and O–H groups in total. The summed E-state index contributed by atoms with van der Waals surface area (Å²) in [5.74, 6) is -0.919. The highest BCUT2D eigenvalue weighted by atomic mass is 32.2. The van der Waals surface area contributed by atoms with Crippen molar-refractivity contribution in [1.29, 1.82) is 0 Å². The third-order valence-corrected chi connectivity index (χ3v) is 7.98. The highest BCUT2D eigenvalue weighted by molar-refractivity contribution is 7.89. The Bertz CT molecular complexity index is 1430. The lowest BCUT2D eigenvalue weighted by molar-refractivity contribution is -0.114. The van der Waals surface area contributed by atoms with Crippen LogP contribution in [0.15, 0.2) is 62.6 Å². The van der Waals surface area contributed by atoms with Gasteiger partial charge in [-0.2, -0.15) is 4.31 Å². The van der Waals surface area contributed by atoms with Gasteiger partial charge in [-0.25, -0.2) is 18.0 Å². The van der Waals surface area contributed by atoms with E-state index in [-0.39, 0.29) is 34.6 Å². The first-order valence-corrected chi connectivity index (χ1v) is 12.7. The molecule has 1 saturated heterocycles. The highest BCUT2D eigenvalue weighted by Crippen LogP contribution is 2.26. The molecule has 9 nitrogen and oxygen atoms in total. The molecular weight excluding hydrogens is 472 g/mol. The SMILES string of the molecule is CC(=O)Nc1ccc2c(COC(=O)c3ccc(S(=O)(=O)N4CCCC[C@H]4C)cc3)cc(=O)oc2c1. The molecule has 35 heavy (non-hydrogen) atoms. The maximum atomic E-state index is 13.0. The van der Waals surface area contributed by atoms with E-state index in [0.29, 0.717) is 23.2 Å². The third-order valence-electron chi connectivity index (χ3n) is 5.95. The summed E-state index contributed by atoms with van der Waals surface area (Å²) in [5.41, 5.74) is 0.728. The number of hydrogen-bond acceptors (Lipinski definition) is 7. The Hall–Kier alpha value is -3.50. The first-order chi connectivity index (χ1) is 16.6. The molecule has 2 heterocycles. The van der Waals surface area contributed by atoms with Crippen molar-refractivity contribution >= 4 is 38.6 Å². The minimum Gasteiger partial charge on any atom is -0.457 e. The molecule has 0 spiro atoms. The summed E-state index contributed by atoms with van der Waals surface area (Å²) in [4.78, 5) is 36.0. The van der Waals surface area contributed by atoms with Crippen LogP contribution in [0.1, 0.15) is 49.0 Å². The number of rotatable bonds is 6. The van der Waals surface area contributed by atoms with Gasteiger partial charge in [-0.1, -0.05) is 6.42 Å². The predicted octanol–water partition coefficient (Wildman–Crippen LogP) is 3.67. The second kappa shape index (κ2) is 10.0. The molecule has 0 radical (unpaired) electrons. The molecule has 1 aliphatic heterocycles. The maximum Gasteiger partial charge on any atom is 0.338 e. The van der Waals surface area contributed by atoms with Crippen LogP contribution >= 0.6 is 0 Å². The fourth-order valence-corrected chi connectivity index (χ4v) is 5.88. The third kappa shape index (κ3) is 5.44. The van der Waals surface area contributed by atoms with Gasteiger partial charge in [-0.3, -0.25) is 4.79 Å². The fourth-order valence-electron chi connectivity index (χ4n) is 4.18. The number of benzene rings is 2. The van der Waals surface area contributed by atoms with Gasteiger partial charge in [-0.05, 0) is 56.2 Å². The number of piperidine rings is 1. The van der Waals surface area contributed by atoms with Crippen molar-refractivity contribution in [3.05, 3.63) is 70.1 Å². The quantitative estimate of drug-likeness (QED) is 0.406. The van der Waals surface area contributed by atoms with E-state index in [1.165, 1.54) is 47.6 Å². The summed E-state index contributed by atoms with van der Waals surface area (Å²) >= 11 is 0. The van der Waals surface area contributed by atoms with E-state index in [2.05, 4.69) is 5.32 Å². The molecule has 2 aromatic carbocycles. The summed E-state index contributed by atoms with van der Waals surface area (Å²) in [6.07, 6.45) is 2.66. The molecule has 0 bridgehead atoms. The Morgan fingerprint density at radius 2 is 1.86 bits per heavy atom. The standard InChI is InChI=1S/C25H26N2O7S/c1-16-5-3-4-12-27(16)35(31,32)21-9-6-18(7-10-21)25(30)33-15-19-13-24(29)34-23-14-20(26-17(2)28)8-11-22(19)23/h6-11,13-14,16H,3-5,12,15H2,1-2H3,(H,26,28)/t16-/m1/s1. The summed E-state index contributed by atoms with van der Waals surface area (Å²) < 4.78 is 38.1. The van der Waals surface area contributed by atoms with Crippen molar-refractivity contribution in [3.63, 3.8) is 0 Å². The van der Waals surface area contributed by atoms with Gasteiger partial charge < -0.3 is 14.5 Å². The maximum absolute atomic E-state index is 13.0. The number of carbonyl (C=O) groups is 2. The zero-order chi connectivity index (χ0) is 25.2. The second-order valence-electron chi connectivity index (χ2n) is 8.54. The molecule has 0 unspecified atom stereocenters. The van der Waals surface area contributed by atoms with Crippen LogP contribution in [0.4, 0.5) is 5.69 Å². The number of sulfonamides is 1. The number of anilines is 1. The number of hydrogen-bond donors (Lipinski definition) is 1. The minimum atomic E-state index is -3.64. The van der Waals surface area contributed by atoms with Crippen LogP contribution in [0.25, 0.3) is 11.0 Å². The first kappa shape index (κ1) is 24.6. The lowest BCUT2D eigenvalue weighted by Crippen LogP contribution is -2.41. The zero-order valence-electron chi connectivity index (χ0n) is 19.4. The lowest BCUT2D eigenvalue weighted by Gasteiger charge is -2.32. The van der Waals surface area contributed by atoms with Crippen molar-refractivity contribution in [2.45, 2.75) is 50.7 Å². The van der Waals surface area contributed by atoms with E-state index in [1.807, 2.05) is 6.92 Å². The smallest absolute Gasteiger partial charge is 0.338 e.